The fourth-order valence-electron chi connectivity index (χ4n) is 2.96. The first-order valence-corrected chi connectivity index (χ1v) is 10.6. The van der Waals surface area contributed by atoms with E-state index in [0.717, 1.165) is 17.5 Å². The van der Waals surface area contributed by atoms with Gasteiger partial charge in [0, 0.05) is 31.7 Å². The molecule has 7 heteroatoms. The molecule has 146 valence electrons. The van der Waals surface area contributed by atoms with Gasteiger partial charge in [-0.2, -0.15) is 4.31 Å². The van der Waals surface area contributed by atoms with Crippen LogP contribution in [0.15, 0.2) is 23.1 Å². The Morgan fingerprint density at radius 1 is 1.15 bits per heavy atom. The zero-order chi connectivity index (χ0) is 19.5. The van der Waals surface area contributed by atoms with Crippen LogP contribution < -0.4 is 5.32 Å². The highest BCUT2D eigenvalue weighted by Gasteiger charge is 2.30. The molecule has 1 N–H and O–H groups in total. The van der Waals surface area contributed by atoms with Gasteiger partial charge in [-0.25, -0.2) is 8.42 Å². The molecule has 0 saturated carbocycles. The van der Waals surface area contributed by atoms with Crippen molar-refractivity contribution in [3.63, 3.8) is 0 Å². The number of benzene rings is 1. The molecule has 1 aliphatic rings. The van der Waals surface area contributed by atoms with E-state index in [1.165, 1.54) is 4.31 Å². The zero-order valence-electron chi connectivity index (χ0n) is 16.5. The molecule has 0 aliphatic carbocycles. The molecule has 6 nitrogen and oxygen atoms in total. The van der Waals surface area contributed by atoms with Crippen LogP contribution in [0.4, 0.5) is 0 Å². The Morgan fingerprint density at radius 3 is 2.35 bits per heavy atom. The molecule has 0 spiro atoms. The van der Waals surface area contributed by atoms with Crippen LogP contribution in [-0.2, 0) is 14.8 Å². The summed E-state index contributed by atoms with van der Waals surface area (Å²) in [5.41, 5.74) is 1.48. The highest BCUT2D eigenvalue weighted by Crippen LogP contribution is 2.22. The van der Waals surface area contributed by atoms with Crippen molar-refractivity contribution in [2.45, 2.75) is 51.5 Å². The van der Waals surface area contributed by atoms with Gasteiger partial charge in [-0.3, -0.25) is 9.69 Å². The summed E-state index contributed by atoms with van der Waals surface area (Å²) in [5.74, 6) is -0.0114. The Labute approximate surface area is 157 Å². The molecule has 0 unspecified atom stereocenters. The van der Waals surface area contributed by atoms with E-state index >= 15 is 0 Å². The second-order valence-electron chi connectivity index (χ2n) is 7.73. The summed E-state index contributed by atoms with van der Waals surface area (Å²) < 4.78 is 27.4. The van der Waals surface area contributed by atoms with Gasteiger partial charge in [0.1, 0.15) is 0 Å². The number of nitrogens with one attached hydrogen (secondary N) is 1. The fraction of sp³-hybridized carbons (Fsp3) is 0.632. The van der Waals surface area contributed by atoms with Crippen LogP contribution >= 0.6 is 0 Å². The van der Waals surface area contributed by atoms with Crippen LogP contribution in [0.5, 0.6) is 0 Å². The lowest BCUT2D eigenvalue weighted by Gasteiger charge is -2.34. The number of carbonyl (C=O) groups excluding carboxylic acids is 1. The predicted molar refractivity (Wildman–Crippen MR) is 104 cm³/mol. The van der Waals surface area contributed by atoms with Gasteiger partial charge in [-0.05, 0) is 51.3 Å². The first-order chi connectivity index (χ1) is 12.0. The minimum absolute atomic E-state index is 0.0114. The minimum Gasteiger partial charge on any atom is -0.350 e. The highest BCUT2D eigenvalue weighted by molar-refractivity contribution is 7.89. The molecular weight excluding hydrogens is 350 g/mol. The lowest BCUT2D eigenvalue weighted by molar-refractivity contribution is -0.124. The van der Waals surface area contributed by atoms with E-state index in [1.807, 2.05) is 51.7 Å². The van der Waals surface area contributed by atoms with Gasteiger partial charge < -0.3 is 5.32 Å². The molecule has 0 radical (unpaired) electrons. The summed E-state index contributed by atoms with van der Waals surface area (Å²) >= 11 is 0. The van der Waals surface area contributed by atoms with Gasteiger partial charge in [-0.1, -0.05) is 19.1 Å². The number of carbonyl (C=O) groups is 1. The van der Waals surface area contributed by atoms with E-state index in [-0.39, 0.29) is 11.4 Å². The maximum atomic E-state index is 12.9. The Morgan fingerprint density at radius 2 is 1.77 bits per heavy atom. The quantitative estimate of drug-likeness (QED) is 0.817. The van der Waals surface area contributed by atoms with Crippen molar-refractivity contribution in [3.05, 3.63) is 29.3 Å². The summed E-state index contributed by atoms with van der Waals surface area (Å²) in [6, 6.07) is 5.50. The third-order valence-electron chi connectivity index (χ3n) is 5.02. The van der Waals surface area contributed by atoms with Crippen LogP contribution in [0, 0.1) is 13.8 Å². The van der Waals surface area contributed by atoms with Crippen LogP contribution in [0.3, 0.4) is 0 Å². The normalized spacial score (nSPS) is 17.3. The summed E-state index contributed by atoms with van der Waals surface area (Å²) in [4.78, 5) is 14.6. The maximum Gasteiger partial charge on any atom is 0.243 e. The third-order valence-corrected chi connectivity index (χ3v) is 7.06. The summed E-state index contributed by atoms with van der Waals surface area (Å²) in [6.45, 7) is 12.0. The molecule has 1 aromatic carbocycles. The topological polar surface area (TPSA) is 69.7 Å². The van der Waals surface area contributed by atoms with Gasteiger partial charge in [0.05, 0.1) is 11.4 Å². The zero-order valence-corrected chi connectivity index (χ0v) is 17.3. The number of amides is 1. The molecule has 0 atom stereocenters. The van der Waals surface area contributed by atoms with Gasteiger partial charge >= 0.3 is 0 Å². The molecule has 0 aromatic heterocycles. The van der Waals surface area contributed by atoms with E-state index < -0.39 is 10.0 Å². The van der Waals surface area contributed by atoms with Crippen molar-refractivity contribution in [1.29, 1.82) is 0 Å². The number of rotatable bonds is 6. The van der Waals surface area contributed by atoms with Gasteiger partial charge in [-0.15, -0.1) is 0 Å². The molecule has 1 heterocycles. The number of piperazine rings is 1. The Kier molecular flexibility index (Phi) is 6.47. The molecule has 1 aromatic rings. The van der Waals surface area contributed by atoms with Gasteiger partial charge in [0.15, 0.2) is 0 Å². The Balaban J connectivity index is 1.97. The predicted octanol–water partition coefficient (Wildman–Crippen LogP) is 1.91. The standard InChI is InChI=1S/C19H31N3O3S/c1-6-19(4,5)20-18(23)14-21-9-11-22(12-10-21)26(24,25)17-13-15(2)7-8-16(17)3/h7-8,13H,6,9-12,14H2,1-5H3,(H,20,23). The molecular formula is C19H31N3O3S. The lowest BCUT2D eigenvalue weighted by Crippen LogP contribution is -2.53. The first-order valence-electron chi connectivity index (χ1n) is 9.16. The first kappa shape index (κ1) is 20.9. The van der Waals surface area contributed by atoms with Crippen molar-refractivity contribution in [2.24, 2.45) is 0 Å². The van der Waals surface area contributed by atoms with Crippen LogP contribution in [0.2, 0.25) is 0 Å². The van der Waals surface area contributed by atoms with Crippen molar-refractivity contribution < 1.29 is 13.2 Å². The Hall–Kier alpha value is -1.44. The second kappa shape index (κ2) is 8.06. The number of hydrogen-bond acceptors (Lipinski definition) is 4. The average molecular weight is 382 g/mol. The average Bonchev–Trinajstić information content (AvgIpc) is 2.57. The number of sulfonamides is 1. The largest absolute Gasteiger partial charge is 0.350 e. The smallest absolute Gasteiger partial charge is 0.243 e. The molecule has 1 aliphatic heterocycles. The number of nitrogens with zero attached hydrogens (tertiary/aromatic N) is 2. The van der Waals surface area contributed by atoms with Crippen molar-refractivity contribution in [1.82, 2.24) is 14.5 Å². The monoisotopic (exact) mass is 381 g/mol. The van der Waals surface area contributed by atoms with Crippen molar-refractivity contribution in [2.75, 3.05) is 32.7 Å². The van der Waals surface area contributed by atoms with Crippen LogP contribution in [0.25, 0.3) is 0 Å². The van der Waals surface area contributed by atoms with Crippen LogP contribution in [-0.4, -0.2) is 61.8 Å². The second-order valence-corrected chi connectivity index (χ2v) is 9.64. The summed E-state index contributed by atoms with van der Waals surface area (Å²) in [6.07, 6.45) is 0.862. The van der Waals surface area contributed by atoms with Gasteiger partial charge in [0.25, 0.3) is 0 Å². The van der Waals surface area contributed by atoms with Crippen molar-refractivity contribution in [3.8, 4) is 0 Å². The van der Waals surface area contributed by atoms with E-state index in [4.69, 9.17) is 0 Å². The van der Waals surface area contributed by atoms with Gasteiger partial charge in [0.2, 0.25) is 15.9 Å². The molecule has 1 fully saturated rings. The van der Waals surface area contributed by atoms with Crippen LogP contribution in [0.1, 0.15) is 38.3 Å². The molecule has 1 amide bonds. The lowest BCUT2D eigenvalue weighted by atomic mass is 10.0. The van der Waals surface area contributed by atoms with E-state index in [1.54, 1.807) is 6.07 Å². The van der Waals surface area contributed by atoms with E-state index in [0.29, 0.717) is 37.6 Å². The Bertz CT molecular complexity index is 751. The van der Waals surface area contributed by atoms with E-state index in [2.05, 4.69) is 5.32 Å². The van der Waals surface area contributed by atoms with E-state index in [9.17, 15) is 13.2 Å². The molecule has 0 bridgehead atoms. The SMILES string of the molecule is CCC(C)(C)NC(=O)CN1CCN(S(=O)(=O)c2cc(C)ccc2C)CC1. The third kappa shape index (κ3) is 5.05. The van der Waals surface area contributed by atoms with Crippen molar-refractivity contribution >= 4 is 15.9 Å². The number of hydrogen-bond donors (Lipinski definition) is 1. The molecule has 26 heavy (non-hydrogen) atoms. The summed E-state index contributed by atoms with van der Waals surface area (Å²) in [5, 5.41) is 3.02. The number of aryl methyl sites for hydroxylation is 2. The summed E-state index contributed by atoms with van der Waals surface area (Å²) in [7, 11) is -3.49. The molecule has 2 rings (SSSR count). The maximum absolute atomic E-state index is 12.9. The molecule has 1 saturated heterocycles. The highest BCUT2D eigenvalue weighted by atomic mass is 32.2. The minimum atomic E-state index is -3.49. The fourth-order valence-corrected chi connectivity index (χ4v) is 4.69.